The summed E-state index contributed by atoms with van der Waals surface area (Å²) in [4.78, 5) is 0. The maximum absolute atomic E-state index is 10.8. The second-order valence-electron chi connectivity index (χ2n) is 14.0. The van der Waals surface area contributed by atoms with Gasteiger partial charge in [-0.2, -0.15) is 10.5 Å². The van der Waals surface area contributed by atoms with Gasteiger partial charge < -0.3 is 13.7 Å². The van der Waals surface area contributed by atoms with E-state index in [1.54, 1.807) is 0 Å². The van der Waals surface area contributed by atoms with Crippen LogP contribution in [0.4, 0.5) is 0 Å². The number of hydrogen-bond acceptors (Lipinski definition) is 2. The van der Waals surface area contributed by atoms with E-state index in [0.717, 1.165) is 82.8 Å². The van der Waals surface area contributed by atoms with E-state index in [1.807, 2.05) is 36.4 Å². The Balaban J connectivity index is 1.09. The molecular weight excluding hydrogens is 671 g/mol. The van der Waals surface area contributed by atoms with Crippen LogP contribution in [0.2, 0.25) is 0 Å². The van der Waals surface area contributed by atoms with Crippen LogP contribution in [-0.2, 0) is 0 Å². The Morgan fingerprint density at radius 1 is 0.327 bits per heavy atom. The lowest BCUT2D eigenvalue weighted by atomic mass is 10.0. The SMILES string of the molecule is N#Cc1cc(-c2cccc(-n3c4ccccc4c4cccc(C#N)c43)c2)ccc1-n1c2ccccc2c2ccc(-n3c4ccccc4c4ccccc43)cc21. The van der Waals surface area contributed by atoms with Gasteiger partial charge in [-0.05, 0) is 77.9 Å². The maximum Gasteiger partial charge on any atom is 0.101 e. The number of nitriles is 2. The van der Waals surface area contributed by atoms with E-state index in [1.165, 1.54) is 10.8 Å². The molecule has 254 valence electrons. The lowest BCUT2D eigenvalue weighted by Crippen LogP contribution is -2.00. The largest absolute Gasteiger partial charge is 0.309 e. The fourth-order valence-electron chi connectivity index (χ4n) is 8.76. The third-order valence-corrected chi connectivity index (χ3v) is 11.1. The summed E-state index contributed by atoms with van der Waals surface area (Å²) in [6.07, 6.45) is 0. The molecule has 0 amide bonds. The van der Waals surface area contributed by atoms with E-state index in [0.29, 0.717) is 11.1 Å². The minimum absolute atomic E-state index is 0.580. The molecule has 0 bridgehead atoms. The van der Waals surface area contributed by atoms with E-state index in [2.05, 4.69) is 165 Å². The van der Waals surface area contributed by atoms with Gasteiger partial charge in [-0.3, -0.25) is 0 Å². The molecule has 5 heteroatoms. The van der Waals surface area contributed by atoms with Gasteiger partial charge in [0.05, 0.1) is 49.9 Å². The summed E-state index contributed by atoms with van der Waals surface area (Å²) in [6, 6.07) is 65.9. The molecule has 0 fully saturated rings. The molecule has 0 saturated carbocycles. The first-order chi connectivity index (χ1) is 27.2. The lowest BCUT2D eigenvalue weighted by molar-refractivity contribution is 1.15. The molecule has 5 nitrogen and oxygen atoms in total. The van der Waals surface area contributed by atoms with Gasteiger partial charge in [-0.15, -0.1) is 0 Å². The monoisotopic (exact) mass is 699 g/mol. The van der Waals surface area contributed by atoms with Crippen molar-refractivity contribution in [2.45, 2.75) is 0 Å². The molecule has 0 N–H and O–H groups in total. The first-order valence-electron chi connectivity index (χ1n) is 18.3. The highest BCUT2D eigenvalue weighted by Crippen LogP contribution is 2.39. The zero-order valence-electron chi connectivity index (χ0n) is 29.5. The van der Waals surface area contributed by atoms with Crippen LogP contribution >= 0.6 is 0 Å². The predicted octanol–water partition coefficient (Wildman–Crippen LogP) is 12.4. The van der Waals surface area contributed by atoms with Crippen molar-refractivity contribution in [3.05, 3.63) is 187 Å². The standard InChI is InChI=1S/C50H29N5/c51-30-34-12-10-18-43-41-17-4-7-21-47(41)54(50(34)43)36-13-9-11-32(28-36)33-23-26-44(35(27-33)31-52)55-48-22-8-3-16-40(48)42-25-24-37(29-49(42)55)53-45-19-5-1-14-38(45)39-15-2-6-20-46(39)53/h1-29H. The topological polar surface area (TPSA) is 62.4 Å². The van der Waals surface area contributed by atoms with E-state index < -0.39 is 0 Å². The number of hydrogen-bond donors (Lipinski definition) is 0. The van der Waals surface area contributed by atoms with Crippen molar-refractivity contribution < 1.29 is 0 Å². The smallest absolute Gasteiger partial charge is 0.101 e. The minimum Gasteiger partial charge on any atom is -0.309 e. The van der Waals surface area contributed by atoms with Gasteiger partial charge in [0.15, 0.2) is 0 Å². The van der Waals surface area contributed by atoms with E-state index in [9.17, 15) is 10.5 Å². The van der Waals surface area contributed by atoms with E-state index in [4.69, 9.17) is 0 Å². The third kappa shape index (κ3) is 4.45. The molecule has 8 aromatic carbocycles. The first-order valence-corrected chi connectivity index (χ1v) is 18.3. The molecule has 0 aliphatic carbocycles. The Labute approximate surface area is 316 Å². The van der Waals surface area contributed by atoms with Crippen molar-refractivity contribution in [3.63, 3.8) is 0 Å². The van der Waals surface area contributed by atoms with Crippen molar-refractivity contribution in [1.82, 2.24) is 13.7 Å². The van der Waals surface area contributed by atoms with E-state index >= 15 is 0 Å². The summed E-state index contributed by atoms with van der Waals surface area (Å²) in [7, 11) is 0. The van der Waals surface area contributed by atoms with Gasteiger partial charge in [0.2, 0.25) is 0 Å². The molecular formula is C50H29N5. The van der Waals surface area contributed by atoms with Crippen LogP contribution in [-0.4, -0.2) is 13.7 Å². The van der Waals surface area contributed by atoms with Crippen LogP contribution < -0.4 is 0 Å². The number of rotatable bonds is 4. The summed E-state index contributed by atoms with van der Waals surface area (Å²) >= 11 is 0. The summed E-state index contributed by atoms with van der Waals surface area (Å²) in [5.74, 6) is 0. The summed E-state index contributed by atoms with van der Waals surface area (Å²) in [5, 5.41) is 27.7. The van der Waals surface area contributed by atoms with Gasteiger partial charge in [-0.1, -0.05) is 109 Å². The molecule has 0 saturated heterocycles. The Morgan fingerprint density at radius 3 is 1.49 bits per heavy atom. The number of fused-ring (bicyclic) bond motifs is 9. The van der Waals surface area contributed by atoms with Gasteiger partial charge in [0.25, 0.3) is 0 Å². The normalized spacial score (nSPS) is 11.6. The van der Waals surface area contributed by atoms with Crippen LogP contribution in [0.1, 0.15) is 11.1 Å². The molecule has 0 unspecified atom stereocenters. The number of para-hydroxylation sites is 5. The van der Waals surface area contributed by atoms with Crippen molar-refractivity contribution in [2.75, 3.05) is 0 Å². The van der Waals surface area contributed by atoms with Gasteiger partial charge in [0.1, 0.15) is 12.1 Å². The minimum atomic E-state index is 0.580. The van der Waals surface area contributed by atoms with Gasteiger partial charge in [0, 0.05) is 43.7 Å². The average molecular weight is 700 g/mol. The van der Waals surface area contributed by atoms with Crippen LogP contribution in [0.5, 0.6) is 0 Å². The molecule has 0 aliphatic rings. The van der Waals surface area contributed by atoms with Crippen molar-refractivity contribution in [1.29, 1.82) is 10.5 Å². The molecule has 11 rings (SSSR count). The van der Waals surface area contributed by atoms with Crippen LogP contribution in [0.3, 0.4) is 0 Å². The van der Waals surface area contributed by atoms with Crippen molar-refractivity contribution in [2.24, 2.45) is 0 Å². The van der Waals surface area contributed by atoms with Crippen LogP contribution in [0, 0.1) is 22.7 Å². The summed E-state index contributed by atoms with van der Waals surface area (Å²) < 4.78 is 6.76. The lowest BCUT2D eigenvalue weighted by Gasteiger charge is -2.14. The molecule has 0 aliphatic heterocycles. The molecule has 3 aromatic heterocycles. The molecule has 0 spiro atoms. The second-order valence-corrected chi connectivity index (χ2v) is 14.0. The van der Waals surface area contributed by atoms with Crippen LogP contribution in [0.15, 0.2) is 176 Å². The molecule has 55 heavy (non-hydrogen) atoms. The quantitative estimate of drug-likeness (QED) is 0.184. The van der Waals surface area contributed by atoms with Crippen molar-refractivity contribution in [3.8, 4) is 40.3 Å². The maximum atomic E-state index is 10.8. The Bertz CT molecular complexity index is 3420. The Kier molecular flexibility index (Phi) is 6.61. The highest BCUT2D eigenvalue weighted by molar-refractivity contribution is 6.13. The fraction of sp³-hybridized carbons (Fsp3) is 0. The summed E-state index contributed by atoms with van der Waals surface area (Å²) in [5.41, 5.74) is 12.3. The third-order valence-electron chi connectivity index (χ3n) is 11.1. The van der Waals surface area contributed by atoms with E-state index in [-0.39, 0.29) is 0 Å². The second kappa shape index (κ2) is 11.8. The Morgan fingerprint density at radius 2 is 0.836 bits per heavy atom. The molecule has 11 aromatic rings. The van der Waals surface area contributed by atoms with Gasteiger partial charge in [-0.25, -0.2) is 0 Å². The molecule has 0 radical (unpaired) electrons. The number of aromatic nitrogens is 3. The fourth-order valence-corrected chi connectivity index (χ4v) is 8.76. The van der Waals surface area contributed by atoms with Gasteiger partial charge >= 0.3 is 0 Å². The predicted molar refractivity (Wildman–Crippen MR) is 224 cm³/mol. The average Bonchev–Trinajstić information content (AvgIpc) is 3.89. The Hall–Kier alpha value is -7.86. The first kappa shape index (κ1) is 30.7. The number of benzene rings is 8. The molecule has 3 heterocycles. The number of nitrogens with zero attached hydrogens (tertiary/aromatic N) is 5. The highest BCUT2D eigenvalue weighted by Gasteiger charge is 2.19. The van der Waals surface area contributed by atoms with Crippen molar-refractivity contribution >= 4 is 65.4 Å². The zero-order valence-corrected chi connectivity index (χ0v) is 29.5. The highest BCUT2D eigenvalue weighted by atomic mass is 15.0. The van der Waals surface area contributed by atoms with Crippen LogP contribution in [0.25, 0.3) is 93.6 Å². The molecule has 0 atom stereocenters. The zero-order chi connectivity index (χ0) is 36.6. The summed E-state index contributed by atoms with van der Waals surface area (Å²) in [6.45, 7) is 0.